The zero-order chi connectivity index (χ0) is 15.5. The molecular formula is C15H24BrFN2O2S. The van der Waals surface area contributed by atoms with Gasteiger partial charge in [-0.25, -0.2) is 12.8 Å². The van der Waals surface area contributed by atoms with Crippen molar-refractivity contribution in [2.24, 2.45) is 0 Å². The first-order valence-electron chi connectivity index (χ1n) is 7.48. The minimum absolute atomic E-state index is 0. The first-order valence-corrected chi connectivity index (χ1v) is 9.09. The molecular weight excluding hydrogens is 371 g/mol. The van der Waals surface area contributed by atoms with Crippen molar-refractivity contribution < 1.29 is 34.3 Å². The molecule has 1 heterocycles. The highest BCUT2D eigenvalue weighted by molar-refractivity contribution is 7.89. The molecule has 1 fully saturated rings. The van der Waals surface area contributed by atoms with Gasteiger partial charge in [0.2, 0.25) is 10.0 Å². The molecule has 0 aliphatic carbocycles. The van der Waals surface area contributed by atoms with E-state index in [2.05, 4.69) is 6.92 Å². The second-order valence-corrected chi connectivity index (χ2v) is 7.95. The van der Waals surface area contributed by atoms with Gasteiger partial charge in [0.1, 0.15) is 12.4 Å². The van der Waals surface area contributed by atoms with Crippen molar-refractivity contribution in [3.05, 3.63) is 35.6 Å². The zero-order valence-electron chi connectivity index (χ0n) is 13.1. The van der Waals surface area contributed by atoms with Crippen LogP contribution in [0.4, 0.5) is 4.39 Å². The highest BCUT2D eigenvalue weighted by atomic mass is 79.9. The van der Waals surface area contributed by atoms with Crippen LogP contribution in [0.5, 0.6) is 0 Å². The van der Waals surface area contributed by atoms with Gasteiger partial charge in [-0.05, 0) is 26.0 Å². The Hall–Kier alpha value is -0.500. The summed E-state index contributed by atoms with van der Waals surface area (Å²) >= 11 is 0. The minimum Gasteiger partial charge on any atom is -1.00 e. The number of quaternary nitrogens is 1. The molecule has 1 saturated heterocycles. The summed E-state index contributed by atoms with van der Waals surface area (Å²) in [5.41, 5.74) is 1.10. The van der Waals surface area contributed by atoms with Crippen LogP contribution in [-0.2, 0) is 16.6 Å². The van der Waals surface area contributed by atoms with Crippen LogP contribution < -0.4 is 17.0 Å². The molecule has 0 N–H and O–H groups in total. The molecule has 22 heavy (non-hydrogen) atoms. The quantitative estimate of drug-likeness (QED) is 0.590. The van der Waals surface area contributed by atoms with Gasteiger partial charge in [-0.3, -0.25) is 0 Å². The lowest BCUT2D eigenvalue weighted by Gasteiger charge is -2.44. The third-order valence-electron chi connectivity index (χ3n) is 4.51. The number of sulfonamides is 1. The summed E-state index contributed by atoms with van der Waals surface area (Å²) in [5.74, 6) is -0.0578. The van der Waals surface area contributed by atoms with Crippen LogP contribution in [0.3, 0.4) is 0 Å². The highest BCUT2D eigenvalue weighted by Crippen LogP contribution is 2.20. The standard InChI is InChI=1S/C15H24FN2O2S.BrH/c1-3-18(13-14-5-7-15(16)8-6-14)11-9-17(10-12-18)21(19,20)4-2;/h5-8H,3-4,9-13H2,1-2H3;1H/q+1;/p-1. The summed E-state index contributed by atoms with van der Waals surface area (Å²) in [6, 6.07) is 6.61. The summed E-state index contributed by atoms with van der Waals surface area (Å²) in [5, 5.41) is 0. The summed E-state index contributed by atoms with van der Waals surface area (Å²) in [6.07, 6.45) is 0. The molecule has 2 rings (SSSR count). The lowest BCUT2D eigenvalue weighted by atomic mass is 10.1. The monoisotopic (exact) mass is 394 g/mol. The summed E-state index contributed by atoms with van der Waals surface area (Å²) in [6.45, 7) is 8.38. The van der Waals surface area contributed by atoms with Gasteiger partial charge in [0.05, 0.1) is 38.5 Å². The first-order chi connectivity index (χ1) is 9.91. The lowest BCUT2D eigenvalue weighted by molar-refractivity contribution is -0.942. The predicted octanol–water partition coefficient (Wildman–Crippen LogP) is -1.17. The van der Waals surface area contributed by atoms with Crippen molar-refractivity contribution in [3.63, 3.8) is 0 Å². The van der Waals surface area contributed by atoms with Gasteiger partial charge in [0.15, 0.2) is 0 Å². The summed E-state index contributed by atoms with van der Waals surface area (Å²) in [4.78, 5) is 0. The van der Waals surface area contributed by atoms with Crippen molar-refractivity contribution in [1.29, 1.82) is 0 Å². The molecule has 1 aromatic carbocycles. The Morgan fingerprint density at radius 3 is 2.14 bits per heavy atom. The number of benzene rings is 1. The topological polar surface area (TPSA) is 37.4 Å². The number of piperazine rings is 1. The average molecular weight is 395 g/mol. The Kier molecular flexibility index (Phi) is 6.98. The van der Waals surface area contributed by atoms with Crippen molar-refractivity contribution in [3.8, 4) is 0 Å². The second kappa shape index (κ2) is 7.86. The molecule has 0 atom stereocenters. The maximum absolute atomic E-state index is 13.0. The number of hydrogen-bond donors (Lipinski definition) is 0. The number of nitrogens with zero attached hydrogens (tertiary/aromatic N) is 2. The van der Waals surface area contributed by atoms with Crippen molar-refractivity contribution >= 4 is 10.0 Å². The van der Waals surface area contributed by atoms with Crippen LogP contribution in [0.2, 0.25) is 0 Å². The van der Waals surface area contributed by atoms with Crippen molar-refractivity contribution in [1.82, 2.24) is 4.31 Å². The van der Waals surface area contributed by atoms with Crippen molar-refractivity contribution in [2.45, 2.75) is 20.4 Å². The molecule has 0 aromatic heterocycles. The van der Waals surface area contributed by atoms with Crippen LogP contribution in [0.25, 0.3) is 0 Å². The van der Waals surface area contributed by atoms with E-state index >= 15 is 0 Å². The fraction of sp³-hybridized carbons (Fsp3) is 0.600. The lowest BCUT2D eigenvalue weighted by Crippen LogP contribution is -3.00. The molecule has 1 aromatic rings. The van der Waals surface area contributed by atoms with E-state index in [1.54, 1.807) is 11.2 Å². The van der Waals surface area contributed by atoms with Crippen LogP contribution in [0.1, 0.15) is 19.4 Å². The Balaban J connectivity index is 0.00000242. The smallest absolute Gasteiger partial charge is 0.214 e. The van der Waals surface area contributed by atoms with Gasteiger partial charge in [0.25, 0.3) is 0 Å². The number of halogens is 2. The summed E-state index contributed by atoms with van der Waals surface area (Å²) < 4.78 is 39.3. The number of hydrogen-bond acceptors (Lipinski definition) is 2. The third kappa shape index (κ3) is 4.50. The second-order valence-electron chi connectivity index (χ2n) is 5.69. The molecule has 0 unspecified atom stereocenters. The molecule has 1 aliphatic heterocycles. The van der Waals surface area contributed by atoms with Crippen LogP contribution >= 0.6 is 0 Å². The maximum atomic E-state index is 13.0. The Bertz CT molecular complexity index is 570. The van der Waals surface area contributed by atoms with Gasteiger partial charge < -0.3 is 21.5 Å². The van der Waals surface area contributed by atoms with Gasteiger partial charge in [-0.15, -0.1) is 0 Å². The van der Waals surface area contributed by atoms with E-state index < -0.39 is 10.0 Å². The van der Waals surface area contributed by atoms with Crippen LogP contribution in [0, 0.1) is 5.82 Å². The molecule has 0 spiro atoms. The minimum atomic E-state index is -3.08. The highest BCUT2D eigenvalue weighted by Gasteiger charge is 2.35. The normalized spacial score (nSPS) is 18.7. The largest absolute Gasteiger partial charge is 1.00 e. The maximum Gasteiger partial charge on any atom is 0.214 e. The van der Waals surface area contributed by atoms with Crippen LogP contribution in [-0.4, -0.2) is 55.7 Å². The molecule has 7 heteroatoms. The predicted molar refractivity (Wildman–Crippen MR) is 81.7 cm³/mol. The Morgan fingerprint density at radius 1 is 1.14 bits per heavy atom. The molecule has 4 nitrogen and oxygen atoms in total. The van der Waals surface area contributed by atoms with Gasteiger partial charge in [0, 0.05) is 5.56 Å². The Labute approximate surface area is 143 Å². The van der Waals surface area contributed by atoms with E-state index in [1.165, 1.54) is 12.1 Å². The third-order valence-corrected chi connectivity index (χ3v) is 6.39. The van der Waals surface area contributed by atoms with E-state index in [0.29, 0.717) is 13.1 Å². The summed E-state index contributed by atoms with van der Waals surface area (Å²) in [7, 11) is -3.08. The van der Waals surface area contributed by atoms with E-state index in [-0.39, 0.29) is 28.6 Å². The fourth-order valence-corrected chi connectivity index (χ4v) is 3.98. The molecule has 0 bridgehead atoms. The number of rotatable bonds is 5. The van der Waals surface area contributed by atoms with E-state index in [1.807, 2.05) is 12.1 Å². The molecule has 1 aliphatic rings. The Morgan fingerprint density at radius 2 is 1.68 bits per heavy atom. The molecule has 0 radical (unpaired) electrons. The molecule has 126 valence electrons. The molecule has 0 saturated carbocycles. The first kappa shape index (κ1) is 19.5. The van der Waals surface area contributed by atoms with Crippen molar-refractivity contribution in [2.75, 3.05) is 38.5 Å². The van der Waals surface area contributed by atoms with Crippen LogP contribution in [0.15, 0.2) is 24.3 Å². The van der Waals surface area contributed by atoms with E-state index in [4.69, 9.17) is 0 Å². The van der Waals surface area contributed by atoms with E-state index in [9.17, 15) is 12.8 Å². The van der Waals surface area contributed by atoms with E-state index in [0.717, 1.165) is 36.2 Å². The zero-order valence-corrected chi connectivity index (χ0v) is 15.5. The van der Waals surface area contributed by atoms with Gasteiger partial charge >= 0.3 is 0 Å². The SMILES string of the molecule is CC[N+]1(Cc2ccc(F)cc2)CCN(S(=O)(=O)CC)CC1.[Br-]. The average Bonchev–Trinajstić information content (AvgIpc) is 2.50. The van der Waals surface area contributed by atoms with Gasteiger partial charge in [-0.2, -0.15) is 4.31 Å². The molecule has 0 amide bonds. The number of likely N-dealkylation sites (N-methyl/N-ethyl adjacent to an activating group) is 1. The van der Waals surface area contributed by atoms with Gasteiger partial charge in [-0.1, -0.05) is 12.1 Å². The fourth-order valence-electron chi connectivity index (χ4n) is 2.89.